The van der Waals surface area contributed by atoms with Crippen molar-refractivity contribution >= 4 is 17.1 Å². The normalized spacial score (nSPS) is 24.2. The Morgan fingerprint density at radius 3 is 2.50 bits per heavy atom. The minimum Gasteiger partial charge on any atom is -0.369 e. The molecule has 0 saturated carbocycles. The molecule has 3 aliphatic heterocycles. The van der Waals surface area contributed by atoms with Crippen LogP contribution in [-0.4, -0.2) is 49.8 Å². The van der Waals surface area contributed by atoms with E-state index in [1.54, 1.807) is 12.1 Å². The molecule has 0 bridgehead atoms. The van der Waals surface area contributed by atoms with E-state index in [1.165, 1.54) is 17.8 Å². The molecule has 0 amide bonds. The van der Waals surface area contributed by atoms with Crippen LogP contribution in [0.15, 0.2) is 36.4 Å². The Bertz CT molecular complexity index is 862. The highest BCUT2D eigenvalue weighted by Gasteiger charge is 2.38. The van der Waals surface area contributed by atoms with Crippen LogP contribution in [0.2, 0.25) is 0 Å². The fourth-order valence-electron chi connectivity index (χ4n) is 4.92. The summed E-state index contributed by atoms with van der Waals surface area (Å²) >= 11 is 0. The standard InChI is InChI=1S/C22H26F2N4/c1-15-2-3-16-12-18(24)13-20-22(16)28(15)21(25-20)14-26-8-10-27(11-9-26)19-6-4-17(23)5-7-19/h4-7,12-13,15,21,25H,2-3,8-11,14H2,1H3. The smallest absolute Gasteiger partial charge is 0.125 e. The van der Waals surface area contributed by atoms with E-state index in [0.717, 1.165) is 62.5 Å². The van der Waals surface area contributed by atoms with Gasteiger partial charge in [-0.2, -0.15) is 0 Å². The topological polar surface area (TPSA) is 21.8 Å². The number of nitrogens with zero attached hydrogens (tertiary/aromatic N) is 3. The molecule has 2 aromatic carbocycles. The predicted molar refractivity (Wildman–Crippen MR) is 109 cm³/mol. The third-order valence-electron chi connectivity index (χ3n) is 6.37. The van der Waals surface area contributed by atoms with Crippen molar-refractivity contribution < 1.29 is 8.78 Å². The molecule has 1 fully saturated rings. The fourth-order valence-corrected chi connectivity index (χ4v) is 4.92. The lowest BCUT2D eigenvalue weighted by Crippen LogP contribution is -2.54. The van der Waals surface area contributed by atoms with Crippen molar-refractivity contribution in [3.05, 3.63) is 53.6 Å². The van der Waals surface area contributed by atoms with Crippen molar-refractivity contribution in [2.24, 2.45) is 0 Å². The summed E-state index contributed by atoms with van der Waals surface area (Å²) in [6, 6.07) is 10.5. The lowest BCUT2D eigenvalue weighted by molar-refractivity contribution is 0.243. The number of nitrogens with one attached hydrogen (secondary N) is 1. The molecule has 0 aliphatic carbocycles. The zero-order valence-electron chi connectivity index (χ0n) is 16.2. The van der Waals surface area contributed by atoms with Crippen LogP contribution >= 0.6 is 0 Å². The molecule has 5 rings (SSSR count). The number of aryl methyl sites for hydroxylation is 1. The molecule has 2 unspecified atom stereocenters. The van der Waals surface area contributed by atoms with Crippen LogP contribution in [0.4, 0.5) is 25.8 Å². The molecule has 1 N–H and O–H groups in total. The Morgan fingerprint density at radius 2 is 1.75 bits per heavy atom. The van der Waals surface area contributed by atoms with E-state index in [1.807, 2.05) is 12.1 Å². The van der Waals surface area contributed by atoms with E-state index in [9.17, 15) is 8.78 Å². The molecule has 4 nitrogen and oxygen atoms in total. The van der Waals surface area contributed by atoms with Gasteiger partial charge in [0.2, 0.25) is 0 Å². The summed E-state index contributed by atoms with van der Waals surface area (Å²) in [6.07, 6.45) is 2.19. The molecule has 0 spiro atoms. The summed E-state index contributed by atoms with van der Waals surface area (Å²) in [5.74, 6) is -0.343. The van der Waals surface area contributed by atoms with Gasteiger partial charge in [-0.15, -0.1) is 0 Å². The number of benzene rings is 2. The zero-order chi connectivity index (χ0) is 19.3. The molecule has 2 aromatic rings. The van der Waals surface area contributed by atoms with Crippen LogP contribution in [0.5, 0.6) is 0 Å². The van der Waals surface area contributed by atoms with E-state index >= 15 is 0 Å². The van der Waals surface area contributed by atoms with Gasteiger partial charge < -0.3 is 15.1 Å². The Hall–Kier alpha value is -2.34. The van der Waals surface area contributed by atoms with Crippen molar-refractivity contribution in [2.45, 2.75) is 32.0 Å². The van der Waals surface area contributed by atoms with Gasteiger partial charge in [-0.1, -0.05) is 0 Å². The van der Waals surface area contributed by atoms with Crippen LogP contribution in [0.1, 0.15) is 18.9 Å². The first-order valence-electron chi connectivity index (χ1n) is 10.2. The summed E-state index contributed by atoms with van der Waals surface area (Å²) < 4.78 is 27.1. The van der Waals surface area contributed by atoms with E-state index in [-0.39, 0.29) is 17.8 Å². The Balaban J connectivity index is 1.26. The van der Waals surface area contributed by atoms with Crippen molar-refractivity contribution in [1.29, 1.82) is 0 Å². The lowest BCUT2D eigenvalue weighted by Gasteiger charge is -2.41. The van der Waals surface area contributed by atoms with Gasteiger partial charge in [-0.05, 0) is 61.7 Å². The minimum absolute atomic E-state index is 0.149. The molecular formula is C22H26F2N4. The number of hydrogen-bond acceptors (Lipinski definition) is 4. The Morgan fingerprint density at radius 1 is 1.00 bits per heavy atom. The van der Waals surface area contributed by atoms with Gasteiger partial charge in [0.25, 0.3) is 0 Å². The van der Waals surface area contributed by atoms with Gasteiger partial charge in [-0.25, -0.2) is 8.78 Å². The molecule has 148 valence electrons. The van der Waals surface area contributed by atoms with E-state index < -0.39 is 0 Å². The van der Waals surface area contributed by atoms with Crippen LogP contribution in [0, 0.1) is 11.6 Å². The minimum atomic E-state index is -0.194. The monoisotopic (exact) mass is 384 g/mol. The van der Waals surface area contributed by atoms with Crippen molar-refractivity contribution in [3.8, 4) is 0 Å². The molecule has 0 aromatic heterocycles. The third-order valence-corrected chi connectivity index (χ3v) is 6.37. The number of halogens is 2. The molecule has 0 radical (unpaired) electrons. The zero-order valence-corrected chi connectivity index (χ0v) is 16.2. The average Bonchev–Trinajstić information content (AvgIpc) is 3.05. The highest BCUT2D eigenvalue weighted by Crippen LogP contribution is 2.44. The average molecular weight is 384 g/mol. The van der Waals surface area contributed by atoms with Crippen molar-refractivity contribution in [1.82, 2.24) is 4.90 Å². The number of piperazine rings is 1. The van der Waals surface area contributed by atoms with Gasteiger partial charge in [-0.3, -0.25) is 4.90 Å². The van der Waals surface area contributed by atoms with Crippen LogP contribution < -0.4 is 15.1 Å². The van der Waals surface area contributed by atoms with Crippen LogP contribution in [-0.2, 0) is 6.42 Å². The molecule has 2 atom stereocenters. The number of anilines is 3. The highest BCUT2D eigenvalue weighted by atomic mass is 19.1. The second-order valence-corrected chi connectivity index (χ2v) is 8.18. The predicted octanol–water partition coefficient (Wildman–Crippen LogP) is 3.68. The van der Waals surface area contributed by atoms with Crippen LogP contribution in [0.3, 0.4) is 0 Å². The maximum atomic E-state index is 14.0. The first-order valence-corrected chi connectivity index (χ1v) is 10.2. The Labute approximate surface area is 164 Å². The first-order chi connectivity index (χ1) is 13.6. The third kappa shape index (κ3) is 3.09. The fraction of sp³-hybridized carbons (Fsp3) is 0.455. The second-order valence-electron chi connectivity index (χ2n) is 8.18. The van der Waals surface area contributed by atoms with Gasteiger partial charge in [0.15, 0.2) is 0 Å². The SMILES string of the molecule is CC1CCc2cc(F)cc3c2N1C(CN1CCN(c2ccc(F)cc2)CC1)N3. The summed E-state index contributed by atoms with van der Waals surface area (Å²) in [5, 5.41) is 3.57. The van der Waals surface area contributed by atoms with Gasteiger partial charge in [0.1, 0.15) is 17.8 Å². The summed E-state index contributed by atoms with van der Waals surface area (Å²) in [5.41, 5.74) is 4.35. The molecule has 6 heteroatoms. The Kier molecular flexibility index (Phi) is 4.38. The van der Waals surface area contributed by atoms with E-state index in [2.05, 4.69) is 26.9 Å². The summed E-state index contributed by atoms with van der Waals surface area (Å²) in [6.45, 7) is 6.98. The number of rotatable bonds is 3. The van der Waals surface area contributed by atoms with E-state index in [0.29, 0.717) is 6.04 Å². The van der Waals surface area contributed by atoms with Gasteiger partial charge in [0.05, 0.1) is 11.4 Å². The molecule has 3 aliphatic rings. The van der Waals surface area contributed by atoms with Gasteiger partial charge in [0, 0.05) is 44.5 Å². The maximum Gasteiger partial charge on any atom is 0.125 e. The molecule has 3 heterocycles. The largest absolute Gasteiger partial charge is 0.369 e. The molecule has 28 heavy (non-hydrogen) atoms. The highest BCUT2D eigenvalue weighted by molar-refractivity contribution is 5.80. The second kappa shape index (κ2) is 6.92. The maximum absolute atomic E-state index is 14.0. The summed E-state index contributed by atoms with van der Waals surface area (Å²) in [4.78, 5) is 7.24. The lowest BCUT2D eigenvalue weighted by atomic mass is 9.96. The molecular weight excluding hydrogens is 358 g/mol. The van der Waals surface area contributed by atoms with Crippen molar-refractivity contribution in [3.63, 3.8) is 0 Å². The van der Waals surface area contributed by atoms with Gasteiger partial charge >= 0.3 is 0 Å². The van der Waals surface area contributed by atoms with Crippen LogP contribution in [0.25, 0.3) is 0 Å². The quantitative estimate of drug-likeness (QED) is 0.871. The first kappa shape index (κ1) is 17.7. The van der Waals surface area contributed by atoms with Crippen molar-refractivity contribution in [2.75, 3.05) is 47.8 Å². The number of hydrogen-bond donors (Lipinski definition) is 1. The summed E-state index contributed by atoms with van der Waals surface area (Å²) in [7, 11) is 0. The van der Waals surface area contributed by atoms with E-state index in [4.69, 9.17) is 0 Å². The molecule has 1 saturated heterocycles.